The van der Waals surface area contributed by atoms with E-state index < -0.39 is 0 Å². The smallest absolute Gasteiger partial charge is 0.182 e. The molecule has 72 valence electrons. The lowest BCUT2D eigenvalue weighted by molar-refractivity contribution is 0.436. The lowest BCUT2D eigenvalue weighted by Crippen LogP contribution is -2.10. The van der Waals surface area contributed by atoms with Crippen LogP contribution < -0.4 is 0 Å². The molecule has 3 aliphatic rings. The topological polar surface area (TPSA) is 37.8 Å². The van der Waals surface area contributed by atoms with Gasteiger partial charge in [0.25, 0.3) is 0 Å². The highest BCUT2D eigenvalue weighted by Crippen LogP contribution is 2.54. The first-order valence-corrected chi connectivity index (χ1v) is 5.00. The van der Waals surface area contributed by atoms with Gasteiger partial charge < -0.3 is 4.74 Å². The molecule has 0 N–H and O–H groups in total. The van der Waals surface area contributed by atoms with Gasteiger partial charge in [-0.25, -0.2) is 0 Å². The van der Waals surface area contributed by atoms with Crippen molar-refractivity contribution in [2.24, 2.45) is 4.99 Å². The molecule has 0 saturated carbocycles. The number of nitrogens with zero attached hydrogens (tertiary/aromatic N) is 2. The lowest BCUT2D eigenvalue weighted by Gasteiger charge is -2.19. The molecule has 2 aliphatic heterocycles. The molecule has 0 spiro atoms. The van der Waals surface area contributed by atoms with Crippen molar-refractivity contribution >= 4 is 6.21 Å². The number of fused-ring (bicyclic) bond motifs is 5. The van der Waals surface area contributed by atoms with Gasteiger partial charge in [-0.05, 0) is 12.1 Å². The predicted octanol–water partition coefficient (Wildman–Crippen LogP) is 2.10. The van der Waals surface area contributed by atoms with Crippen LogP contribution in [0.4, 0.5) is 0 Å². The molecular weight excluding hydrogens is 188 g/mol. The van der Waals surface area contributed by atoms with Crippen LogP contribution in [0.3, 0.4) is 0 Å². The Hall–Kier alpha value is -1.90. The number of rotatable bonds is 0. The normalized spacial score (nSPS) is 29.1. The molecule has 0 bridgehead atoms. The summed E-state index contributed by atoms with van der Waals surface area (Å²) in [6.07, 6.45) is 7.82. The lowest BCUT2D eigenvalue weighted by atomic mass is 9.90. The van der Waals surface area contributed by atoms with Gasteiger partial charge in [-0.15, -0.1) is 0 Å². The number of epoxide rings is 1. The molecule has 2 unspecified atom stereocenters. The third kappa shape index (κ3) is 0.850. The molecule has 0 amide bonds. The van der Waals surface area contributed by atoms with Crippen molar-refractivity contribution < 1.29 is 4.74 Å². The molecule has 3 heterocycles. The Balaban J connectivity index is 2.00. The van der Waals surface area contributed by atoms with Gasteiger partial charge in [-0.3, -0.25) is 9.98 Å². The van der Waals surface area contributed by atoms with E-state index in [2.05, 4.69) is 22.1 Å². The second kappa shape index (κ2) is 2.37. The molecule has 3 nitrogen and oxygen atoms in total. The van der Waals surface area contributed by atoms with Gasteiger partial charge in [-0.2, -0.15) is 0 Å². The minimum Gasteiger partial charge on any atom is -0.477 e. The van der Waals surface area contributed by atoms with Gasteiger partial charge in [0, 0.05) is 23.5 Å². The largest absolute Gasteiger partial charge is 0.477 e. The van der Waals surface area contributed by atoms with Crippen LogP contribution >= 0.6 is 0 Å². The fourth-order valence-corrected chi connectivity index (χ4v) is 2.29. The molecule has 1 aromatic rings. The fraction of sp³-hybridized carbons (Fsp3) is 0.167. The van der Waals surface area contributed by atoms with Crippen molar-refractivity contribution in [3.63, 3.8) is 0 Å². The molecule has 3 heteroatoms. The maximum Gasteiger partial charge on any atom is 0.182 e. The molecule has 2 atom stereocenters. The summed E-state index contributed by atoms with van der Waals surface area (Å²) in [5.41, 5.74) is 3.39. The molecule has 1 fully saturated rings. The number of dihydropyridines is 1. The number of aliphatic imine (C=N–C) groups is 1. The minimum atomic E-state index is 0.0555. The molecular formula is C12H8N2O. The van der Waals surface area contributed by atoms with Crippen LogP contribution in [0.15, 0.2) is 46.8 Å². The second-order valence-electron chi connectivity index (χ2n) is 3.86. The van der Waals surface area contributed by atoms with Gasteiger partial charge in [0.2, 0.25) is 0 Å². The molecule has 15 heavy (non-hydrogen) atoms. The van der Waals surface area contributed by atoms with Crippen LogP contribution in [0.1, 0.15) is 23.4 Å². The SMILES string of the molecule is C1=CC2=C3OC3c3cccnc3C2N=C1. The highest BCUT2D eigenvalue weighted by atomic mass is 16.6. The third-order valence-electron chi connectivity index (χ3n) is 3.01. The van der Waals surface area contributed by atoms with Crippen LogP contribution in [0.2, 0.25) is 0 Å². The van der Waals surface area contributed by atoms with E-state index in [4.69, 9.17) is 4.74 Å². The Labute approximate surface area is 86.8 Å². The summed E-state index contributed by atoms with van der Waals surface area (Å²) in [4.78, 5) is 8.88. The Morgan fingerprint density at radius 3 is 3.33 bits per heavy atom. The van der Waals surface area contributed by atoms with Crippen LogP contribution in [0, 0.1) is 0 Å². The summed E-state index contributed by atoms with van der Waals surface area (Å²) in [5, 5.41) is 0. The highest BCUT2D eigenvalue weighted by Gasteiger charge is 2.46. The average Bonchev–Trinajstić information content (AvgIpc) is 3.10. The number of aromatic nitrogens is 1. The fourth-order valence-electron chi connectivity index (χ4n) is 2.29. The Bertz CT molecular complexity index is 542. The van der Waals surface area contributed by atoms with E-state index in [1.54, 1.807) is 0 Å². The van der Waals surface area contributed by atoms with Crippen LogP contribution in [0.5, 0.6) is 0 Å². The quantitative estimate of drug-likeness (QED) is 0.596. The van der Waals surface area contributed by atoms with Gasteiger partial charge in [0.1, 0.15) is 11.8 Å². The monoisotopic (exact) mass is 196 g/mol. The minimum absolute atomic E-state index is 0.0555. The standard InChI is InChI=1S/C12H8N2O/c1-3-7-9(13-5-1)10-8(4-2-6-14-10)12-11(7)15-12/h1-6,9,12H. The number of hydrogen-bond donors (Lipinski definition) is 0. The van der Waals surface area contributed by atoms with Crippen molar-refractivity contribution in [1.82, 2.24) is 4.98 Å². The van der Waals surface area contributed by atoms with Crippen LogP contribution in [0.25, 0.3) is 0 Å². The number of allylic oxidation sites excluding steroid dienone is 1. The van der Waals surface area contributed by atoms with E-state index >= 15 is 0 Å². The predicted molar refractivity (Wildman–Crippen MR) is 55.5 cm³/mol. The van der Waals surface area contributed by atoms with E-state index in [1.807, 2.05) is 24.6 Å². The summed E-state index contributed by atoms with van der Waals surface area (Å²) in [6, 6.07) is 4.08. The Morgan fingerprint density at radius 2 is 2.33 bits per heavy atom. The first-order chi connectivity index (χ1) is 7.45. The number of ether oxygens (including phenoxy) is 1. The zero-order valence-corrected chi connectivity index (χ0v) is 7.92. The van der Waals surface area contributed by atoms with Crippen molar-refractivity contribution in [3.8, 4) is 0 Å². The van der Waals surface area contributed by atoms with Crippen molar-refractivity contribution in [2.45, 2.75) is 12.1 Å². The molecule has 1 saturated heterocycles. The van der Waals surface area contributed by atoms with Crippen LogP contribution in [-0.2, 0) is 4.74 Å². The zero-order valence-electron chi connectivity index (χ0n) is 7.92. The highest BCUT2D eigenvalue weighted by molar-refractivity contribution is 5.76. The zero-order chi connectivity index (χ0) is 9.83. The maximum absolute atomic E-state index is 5.59. The summed E-state index contributed by atoms with van der Waals surface area (Å²) in [7, 11) is 0. The van der Waals surface area contributed by atoms with Gasteiger partial charge in [0.15, 0.2) is 6.10 Å². The van der Waals surface area contributed by atoms with Crippen molar-refractivity contribution in [1.29, 1.82) is 0 Å². The molecule has 0 aromatic carbocycles. The first kappa shape index (κ1) is 7.40. The molecule has 1 aliphatic carbocycles. The molecule has 4 rings (SSSR count). The Morgan fingerprint density at radius 1 is 1.33 bits per heavy atom. The number of pyridine rings is 1. The van der Waals surface area contributed by atoms with Crippen molar-refractivity contribution in [2.75, 3.05) is 0 Å². The van der Waals surface area contributed by atoms with E-state index in [0.29, 0.717) is 0 Å². The molecule has 1 aromatic heterocycles. The van der Waals surface area contributed by atoms with E-state index in [1.165, 1.54) is 11.1 Å². The van der Waals surface area contributed by atoms with Gasteiger partial charge in [-0.1, -0.05) is 12.1 Å². The first-order valence-electron chi connectivity index (χ1n) is 5.00. The van der Waals surface area contributed by atoms with Crippen molar-refractivity contribution in [3.05, 3.63) is 53.1 Å². The van der Waals surface area contributed by atoms with Gasteiger partial charge in [0.05, 0.1) is 5.69 Å². The summed E-state index contributed by atoms with van der Waals surface area (Å²) >= 11 is 0. The van der Waals surface area contributed by atoms with E-state index in [-0.39, 0.29) is 12.1 Å². The van der Waals surface area contributed by atoms with Gasteiger partial charge >= 0.3 is 0 Å². The summed E-state index contributed by atoms with van der Waals surface area (Å²) in [6.45, 7) is 0. The van der Waals surface area contributed by atoms with Crippen LogP contribution in [-0.4, -0.2) is 11.2 Å². The summed E-state index contributed by atoms with van der Waals surface area (Å²) < 4.78 is 5.59. The molecule has 0 radical (unpaired) electrons. The third-order valence-corrected chi connectivity index (χ3v) is 3.01. The number of hydrogen-bond acceptors (Lipinski definition) is 3. The average molecular weight is 196 g/mol. The van der Waals surface area contributed by atoms with E-state index in [9.17, 15) is 0 Å². The maximum atomic E-state index is 5.59. The summed E-state index contributed by atoms with van der Waals surface area (Å²) in [5.74, 6) is 1.08. The Kier molecular flexibility index (Phi) is 1.17. The van der Waals surface area contributed by atoms with E-state index in [0.717, 1.165) is 11.5 Å². The second-order valence-corrected chi connectivity index (χ2v) is 3.86.